The normalized spacial score (nSPS) is 11.3. The van der Waals surface area contributed by atoms with E-state index in [9.17, 15) is 18.0 Å². The van der Waals surface area contributed by atoms with Gasteiger partial charge in [0.1, 0.15) is 0 Å². The predicted molar refractivity (Wildman–Crippen MR) is 116 cm³/mol. The van der Waals surface area contributed by atoms with E-state index in [0.717, 1.165) is 4.31 Å². The molecule has 8 heteroatoms. The number of anilines is 1. The van der Waals surface area contributed by atoms with Crippen LogP contribution in [0.3, 0.4) is 0 Å². The smallest absolute Gasteiger partial charge is 0.243 e. The van der Waals surface area contributed by atoms with Gasteiger partial charge in [-0.1, -0.05) is 54.1 Å². The number of hydrogen-bond donors (Lipinski definition) is 1. The molecule has 0 fully saturated rings. The molecule has 1 amide bonds. The van der Waals surface area contributed by atoms with Crippen LogP contribution < -0.4 is 5.32 Å². The molecule has 0 saturated heterocycles. The lowest BCUT2D eigenvalue weighted by Gasteiger charge is -2.17. The number of carbonyl (C=O) groups excluding carboxylic acids is 2. The Balaban J connectivity index is 1.75. The van der Waals surface area contributed by atoms with Gasteiger partial charge in [0.25, 0.3) is 0 Å². The summed E-state index contributed by atoms with van der Waals surface area (Å²) in [7, 11) is -2.56. The maximum Gasteiger partial charge on any atom is 0.243 e. The zero-order valence-corrected chi connectivity index (χ0v) is 17.7. The first-order chi connectivity index (χ1) is 14.3. The van der Waals surface area contributed by atoms with Gasteiger partial charge in [-0.05, 0) is 36.4 Å². The monoisotopic (exact) mass is 442 g/mol. The van der Waals surface area contributed by atoms with Crippen LogP contribution in [0.4, 0.5) is 5.69 Å². The van der Waals surface area contributed by atoms with E-state index in [1.807, 2.05) is 0 Å². The maximum atomic E-state index is 12.8. The summed E-state index contributed by atoms with van der Waals surface area (Å²) in [5, 5.41) is 3.05. The number of nitrogens with one attached hydrogen (secondary N) is 1. The molecule has 0 aliphatic heterocycles. The van der Waals surface area contributed by atoms with E-state index < -0.39 is 22.5 Å². The molecule has 0 aliphatic rings. The molecule has 154 valence electrons. The number of halogens is 1. The van der Waals surface area contributed by atoms with Crippen LogP contribution in [0.25, 0.3) is 0 Å². The predicted octanol–water partition coefficient (Wildman–Crippen LogP) is 3.83. The summed E-state index contributed by atoms with van der Waals surface area (Å²) in [6.45, 7) is -0.418. The van der Waals surface area contributed by atoms with Crippen LogP contribution in [0.15, 0.2) is 83.8 Å². The highest BCUT2D eigenvalue weighted by atomic mass is 35.5. The van der Waals surface area contributed by atoms with E-state index in [0.29, 0.717) is 21.8 Å². The van der Waals surface area contributed by atoms with E-state index in [1.54, 1.807) is 54.6 Å². The Morgan fingerprint density at radius 2 is 1.50 bits per heavy atom. The highest BCUT2D eigenvalue weighted by Crippen LogP contribution is 2.20. The summed E-state index contributed by atoms with van der Waals surface area (Å²) in [5.74, 6) is -0.808. The van der Waals surface area contributed by atoms with Crippen molar-refractivity contribution < 1.29 is 18.0 Å². The first-order valence-corrected chi connectivity index (χ1v) is 10.8. The second-order valence-corrected chi connectivity index (χ2v) is 8.99. The zero-order chi connectivity index (χ0) is 21.7. The summed E-state index contributed by atoms with van der Waals surface area (Å²) in [6.07, 6.45) is 0. The Bertz CT molecular complexity index is 1160. The highest BCUT2D eigenvalue weighted by molar-refractivity contribution is 7.89. The van der Waals surface area contributed by atoms with Crippen molar-refractivity contribution in [2.24, 2.45) is 0 Å². The molecule has 3 aromatic rings. The third kappa shape index (κ3) is 4.94. The number of hydrogen-bond acceptors (Lipinski definition) is 4. The first kappa shape index (κ1) is 21.7. The van der Waals surface area contributed by atoms with Crippen molar-refractivity contribution in [3.8, 4) is 0 Å². The first-order valence-electron chi connectivity index (χ1n) is 8.99. The fraction of sp³-hybridized carbons (Fsp3) is 0.0909. The number of ketones is 1. The van der Waals surface area contributed by atoms with Crippen LogP contribution in [0, 0.1) is 0 Å². The SMILES string of the molecule is CN(CC(=O)Nc1ccccc1C(=O)c1ccccc1)S(=O)(=O)c1ccc(Cl)cc1. The third-order valence-electron chi connectivity index (χ3n) is 4.37. The van der Waals surface area contributed by atoms with E-state index in [1.165, 1.54) is 31.3 Å². The molecule has 0 bridgehead atoms. The minimum absolute atomic E-state index is 0.0295. The van der Waals surface area contributed by atoms with Crippen LogP contribution >= 0.6 is 11.6 Å². The molecule has 1 N–H and O–H groups in total. The molecule has 0 radical (unpaired) electrons. The largest absolute Gasteiger partial charge is 0.324 e. The number of likely N-dealkylation sites (N-methyl/N-ethyl adjacent to an activating group) is 1. The van der Waals surface area contributed by atoms with Crippen molar-refractivity contribution >= 4 is 39.0 Å². The summed E-state index contributed by atoms with van der Waals surface area (Å²) < 4.78 is 26.2. The van der Waals surface area contributed by atoms with Gasteiger partial charge in [-0.25, -0.2) is 8.42 Å². The fourth-order valence-corrected chi connectivity index (χ4v) is 4.05. The van der Waals surface area contributed by atoms with Crippen molar-refractivity contribution in [2.45, 2.75) is 4.90 Å². The fourth-order valence-electron chi connectivity index (χ4n) is 2.80. The molecule has 0 atom stereocenters. The number of para-hydroxylation sites is 1. The summed E-state index contributed by atoms with van der Waals surface area (Å²) in [6, 6.07) is 21.0. The zero-order valence-electron chi connectivity index (χ0n) is 16.1. The molecule has 0 aliphatic carbocycles. The molecule has 0 heterocycles. The molecule has 3 aromatic carbocycles. The van der Waals surface area contributed by atoms with Gasteiger partial charge >= 0.3 is 0 Å². The van der Waals surface area contributed by atoms with Gasteiger partial charge in [-0.15, -0.1) is 0 Å². The van der Waals surface area contributed by atoms with Gasteiger partial charge in [-0.3, -0.25) is 9.59 Å². The van der Waals surface area contributed by atoms with Gasteiger partial charge in [0.05, 0.1) is 17.1 Å². The minimum atomic E-state index is -3.87. The highest BCUT2D eigenvalue weighted by Gasteiger charge is 2.23. The quantitative estimate of drug-likeness (QED) is 0.563. The number of benzene rings is 3. The van der Waals surface area contributed by atoms with E-state index in [-0.39, 0.29) is 10.7 Å². The van der Waals surface area contributed by atoms with Gasteiger partial charge in [0, 0.05) is 23.2 Å². The summed E-state index contributed by atoms with van der Waals surface area (Å²) >= 11 is 5.80. The lowest BCUT2D eigenvalue weighted by atomic mass is 10.0. The van der Waals surface area contributed by atoms with Crippen LogP contribution in [-0.2, 0) is 14.8 Å². The summed E-state index contributed by atoms with van der Waals surface area (Å²) in [5.41, 5.74) is 1.12. The second-order valence-electron chi connectivity index (χ2n) is 6.50. The Kier molecular flexibility index (Phi) is 6.66. The number of rotatable bonds is 7. The van der Waals surface area contributed by atoms with Gasteiger partial charge < -0.3 is 5.32 Å². The van der Waals surface area contributed by atoms with Crippen LogP contribution in [0.5, 0.6) is 0 Å². The van der Waals surface area contributed by atoms with E-state index >= 15 is 0 Å². The molecule has 0 spiro atoms. The van der Waals surface area contributed by atoms with Gasteiger partial charge in [-0.2, -0.15) is 4.31 Å². The molecule has 0 aromatic heterocycles. The van der Waals surface area contributed by atoms with Crippen molar-refractivity contribution in [1.82, 2.24) is 4.31 Å². The number of carbonyl (C=O) groups is 2. The Labute approximate surface area is 180 Å². The average Bonchev–Trinajstić information content (AvgIpc) is 2.74. The van der Waals surface area contributed by atoms with Crippen LogP contribution in [0.1, 0.15) is 15.9 Å². The number of sulfonamides is 1. The van der Waals surface area contributed by atoms with E-state index in [4.69, 9.17) is 11.6 Å². The van der Waals surface area contributed by atoms with E-state index in [2.05, 4.69) is 5.32 Å². The average molecular weight is 443 g/mol. The molecular formula is C22H19ClN2O4S. The Morgan fingerprint density at radius 1 is 0.900 bits per heavy atom. The minimum Gasteiger partial charge on any atom is -0.324 e. The van der Waals surface area contributed by atoms with Gasteiger partial charge in [0.15, 0.2) is 5.78 Å². The number of amides is 1. The Morgan fingerprint density at radius 3 is 2.17 bits per heavy atom. The molecule has 3 rings (SSSR count). The van der Waals surface area contributed by atoms with Crippen LogP contribution in [0.2, 0.25) is 5.02 Å². The molecule has 0 unspecified atom stereocenters. The van der Waals surface area contributed by atoms with Crippen molar-refractivity contribution in [2.75, 3.05) is 18.9 Å². The second kappa shape index (κ2) is 9.21. The molecule has 0 saturated carbocycles. The number of nitrogens with zero attached hydrogens (tertiary/aromatic N) is 1. The topological polar surface area (TPSA) is 83.6 Å². The molecular weight excluding hydrogens is 424 g/mol. The lowest BCUT2D eigenvalue weighted by molar-refractivity contribution is -0.116. The lowest BCUT2D eigenvalue weighted by Crippen LogP contribution is -2.35. The summed E-state index contributed by atoms with van der Waals surface area (Å²) in [4.78, 5) is 25.3. The van der Waals surface area contributed by atoms with Crippen molar-refractivity contribution in [3.05, 3.63) is 95.0 Å². The molecule has 30 heavy (non-hydrogen) atoms. The maximum absolute atomic E-state index is 12.8. The standard InChI is InChI=1S/C22H19ClN2O4S/c1-25(30(28,29)18-13-11-17(23)12-14-18)15-21(26)24-20-10-6-5-9-19(20)22(27)16-7-3-2-4-8-16/h2-14H,15H2,1H3,(H,24,26). The van der Waals surface area contributed by atoms with Gasteiger partial charge in [0.2, 0.25) is 15.9 Å². The third-order valence-corrected chi connectivity index (χ3v) is 6.44. The Hall–Kier alpha value is -3.00. The van der Waals surface area contributed by atoms with Crippen LogP contribution in [-0.4, -0.2) is 38.0 Å². The molecule has 6 nitrogen and oxygen atoms in total. The van der Waals surface area contributed by atoms with Crippen molar-refractivity contribution in [3.63, 3.8) is 0 Å². The van der Waals surface area contributed by atoms with Crippen molar-refractivity contribution in [1.29, 1.82) is 0 Å².